The standard InChI is InChI=1S/C21H40O/c1-16(2)8-6-9-17(3)18-10-11-19-20(4,14-15-22)12-7-13-21(18,19)5/h16-19,22H,6-15H2,1-5H3/t17-,18-,19?,20-,21-/m1/s1. The third-order valence-corrected chi connectivity index (χ3v) is 7.52. The summed E-state index contributed by atoms with van der Waals surface area (Å²) in [5.41, 5.74) is 0.938. The number of hydrogen-bond acceptors (Lipinski definition) is 1. The monoisotopic (exact) mass is 308 g/mol. The van der Waals surface area contributed by atoms with Crippen LogP contribution >= 0.6 is 0 Å². The molecule has 0 radical (unpaired) electrons. The maximum Gasteiger partial charge on any atom is 0.0436 e. The van der Waals surface area contributed by atoms with Gasteiger partial charge in [-0.2, -0.15) is 0 Å². The lowest BCUT2D eigenvalue weighted by atomic mass is 9.53. The van der Waals surface area contributed by atoms with Crippen molar-refractivity contribution in [1.82, 2.24) is 0 Å². The van der Waals surface area contributed by atoms with Crippen LogP contribution in [-0.2, 0) is 0 Å². The molecule has 1 nitrogen and oxygen atoms in total. The summed E-state index contributed by atoms with van der Waals surface area (Å²) in [5, 5.41) is 9.53. The van der Waals surface area contributed by atoms with Gasteiger partial charge >= 0.3 is 0 Å². The van der Waals surface area contributed by atoms with E-state index in [1.165, 1.54) is 51.4 Å². The Morgan fingerprint density at radius 1 is 1.05 bits per heavy atom. The van der Waals surface area contributed by atoms with Crippen molar-refractivity contribution in [3.8, 4) is 0 Å². The van der Waals surface area contributed by atoms with Crippen LogP contribution in [0.4, 0.5) is 0 Å². The van der Waals surface area contributed by atoms with Crippen LogP contribution in [0.25, 0.3) is 0 Å². The van der Waals surface area contributed by atoms with Gasteiger partial charge in [-0.1, -0.05) is 60.3 Å². The molecule has 2 saturated carbocycles. The van der Waals surface area contributed by atoms with Crippen molar-refractivity contribution in [1.29, 1.82) is 0 Å². The molecule has 1 unspecified atom stereocenters. The normalized spacial score (nSPS) is 40.0. The van der Waals surface area contributed by atoms with Crippen molar-refractivity contribution < 1.29 is 5.11 Å². The average molecular weight is 309 g/mol. The van der Waals surface area contributed by atoms with E-state index in [1.807, 2.05) is 0 Å². The van der Waals surface area contributed by atoms with E-state index >= 15 is 0 Å². The van der Waals surface area contributed by atoms with Gasteiger partial charge in [0.2, 0.25) is 0 Å². The van der Waals surface area contributed by atoms with E-state index in [0.29, 0.717) is 17.4 Å². The van der Waals surface area contributed by atoms with Crippen LogP contribution in [0.5, 0.6) is 0 Å². The smallest absolute Gasteiger partial charge is 0.0436 e. The van der Waals surface area contributed by atoms with E-state index in [0.717, 1.165) is 30.1 Å². The predicted octanol–water partition coefficient (Wildman–Crippen LogP) is 6.05. The Labute approximate surface area is 139 Å². The number of fused-ring (bicyclic) bond motifs is 1. The second kappa shape index (κ2) is 7.24. The molecule has 0 aromatic carbocycles. The van der Waals surface area contributed by atoms with Crippen LogP contribution in [-0.4, -0.2) is 11.7 Å². The lowest BCUT2D eigenvalue weighted by molar-refractivity contribution is -0.0351. The molecule has 0 aromatic rings. The molecule has 0 aromatic heterocycles. The predicted molar refractivity (Wildman–Crippen MR) is 95.8 cm³/mol. The number of aliphatic hydroxyl groups excluding tert-OH is 1. The van der Waals surface area contributed by atoms with Crippen LogP contribution in [0.1, 0.15) is 92.4 Å². The highest BCUT2D eigenvalue weighted by atomic mass is 16.3. The van der Waals surface area contributed by atoms with E-state index < -0.39 is 0 Å². The molecule has 0 bridgehead atoms. The van der Waals surface area contributed by atoms with Crippen molar-refractivity contribution in [2.75, 3.05) is 6.61 Å². The molecule has 0 amide bonds. The molecule has 2 aliphatic rings. The van der Waals surface area contributed by atoms with Gasteiger partial charge < -0.3 is 5.11 Å². The van der Waals surface area contributed by atoms with Crippen LogP contribution in [0.15, 0.2) is 0 Å². The van der Waals surface area contributed by atoms with Gasteiger partial charge in [0, 0.05) is 6.61 Å². The summed E-state index contributed by atoms with van der Waals surface area (Å²) >= 11 is 0. The van der Waals surface area contributed by atoms with Crippen molar-refractivity contribution in [3.63, 3.8) is 0 Å². The average Bonchev–Trinajstić information content (AvgIpc) is 2.77. The quantitative estimate of drug-likeness (QED) is 0.606. The van der Waals surface area contributed by atoms with Gasteiger partial charge in [-0.3, -0.25) is 0 Å². The summed E-state index contributed by atoms with van der Waals surface area (Å²) < 4.78 is 0. The molecule has 2 rings (SSSR count). The summed E-state index contributed by atoms with van der Waals surface area (Å²) in [4.78, 5) is 0. The Bertz CT molecular complexity index is 346. The topological polar surface area (TPSA) is 20.2 Å². The molecule has 0 heterocycles. The molecule has 0 aliphatic heterocycles. The second-order valence-corrected chi connectivity index (χ2v) is 9.53. The minimum Gasteiger partial charge on any atom is -0.396 e. The molecule has 1 N–H and O–H groups in total. The molecule has 2 fully saturated rings. The molecule has 5 atom stereocenters. The zero-order chi connectivity index (χ0) is 16.4. The first kappa shape index (κ1) is 18.3. The molecule has 2 aliphatic carbocycles. The fourth-order valence-corrected chi connectivity index (χ4v) is 6.35. The highest BCUT2D eigenvalue weighted by Crippen LogP contribution is 2.64. The largest absolute Gasteiger partial charge is 0.396 e. The summed E-state index contributed by atoms with van der Waals surface area (Å²) in [6, 6.07) is 0. The molecule has 0 saturated heterocycles. The summed E-state index contributed by atoms with van der Waals surface area (Å²) in [5.74, 6) is 3.49. The van der Waals surface area contributed by atoms with Gasteiger partial charge in [0.05, 0.1) is 0 Å². The van der Waals surface area contributed by atoms with E-state index in [-0.39, 0.29) is 0 Å². The van der Waals surface area contributed by atoms with Crippen LogP contribution in [0.2, 0.25) is 0 Å². The highest BCUT2D eigenvalue weighted by Gasteiger charge is 2.55. The van der Waals surface area contributed by atoms with E-state index in [2.05, 4.69) is 34.6 Å². The van der Waals surface area contributed by atoms with Crippen LogP contribution < -0.4 is 0 Å². The fraction of sp³-hybridized carbons (Fsp3) is 1.00. The minimum absolute atomic E-state index is 0.373. The minimum atomic E-state index is 0.373. The molecule has 0 spiro atoms. The summed E-state index contributed by atoms with van der Waals surface area (Å²) in [6.07, 6.45) is 12.2. The van der Waals surface area contributed by atoms with Crippen LogP contribution in [0, 0.1) is 34.5 Å². The Kier molecular flexibility index (Phi) is 6.02. The molecule has 130 valence electrons. The van der Waals surface area contributed by atoms with Crippen molar-refractivity contribution in [2.24, 2.45) is 34.5 Å². The van der Waals surface area contributed by atoms with Gasteiger partial charge in [0.25, 0.3) is 0 Å². The Balaban J connectivity index is 2.03. The third-order valence-electron chi connectivity index (χ3n) is 7.52. The van der Waals surface area contributed by atoms with Gasteiger partial charge in [0.15, 0.2) is 0 Å². The second-order valence-electron chi connectivity index (χ2n) is 9.53. The first-order valence-corrected chi connectivity index (χ1v) is 9.94. The lowest BCUT2D eigenvalue weighted by Gasteiger charge is -2.52. The maximum absolute atomic E-state index is 9.53. The summed E-state index contributed by atoms with van der Waals surface area (Å²) in [6.45, 7) is 12.7. The zero-order valence-electron chi connectivity index (χ0n) is 15.8. The van der Waals surface area contributed by atoms with Gasteiger partial charge in [0.1, 0.15) is 0 Å². The Morgan fingerprint density at radius 3 is 2.41 bits per heavy atom. The molecular formula is C21H40O. The zero-order valence-corrected chi connectivity index (χ0v) is 15.8. The SMILES string of the molecule is CC(C)CCC[C@@H](C)[C@H]1CCC2[C@@](C)(CCO)CCC[C@@]21C. The van der Waals surface area contributed by atoms with E-state index in [1.54, 1.807) is 0 Å². The van der Waals surface area contributed by atoms with Crippen molar-refractivity contribution in [2.45, 2.75) is 92.4 Å². The Morgan fingerprint density at radius 2 is 1.77 bits per heavy atom. The number of rotatable bonds is 7. The molecule has 1 heteroatoms. The van der Waals surface area contributed by atoms with E-state index in [9.17, 15) is 5.11 Å². The lowest BCUT2D eigenvalue weighted by Crippen LogP contribution is -2.44. The van der Waals surface area contributed by atoms with E-state index in [4.69, 9.17) is 0 Å². The van der Waals surface area contributed by atoms with Crippen molar-refractivity contribution >= 4 is 0 Å². The van der Waals surface area contributed by atoms with Crippen LogP contribution in [0.3, 0.4) is 0 Å². The molecule has 22 heavy (non-hydrogen) atoms. The number of hydrogen-bond donors (Lipinski definition) is 1. The number of aliphatic hydroxyl groups is 1. The first-order chi connectivity index (χ1) is 10.3. The van der Waals surface area contributed by atoms with Crippen molar-refractivity contribution in [3.05, 3.63) is 0 Å². The third kappa shape index (κ3) is 3.55. The fourth-order valence-electron chi connectivity index (χ4n) is 6.35. The summed E-state index contributed by atoms with van der Waals surface area (Å²) in [7, 11) is 0. The van der Waals surface area contributed by atoms with Gasteiger partial charge in [-0.05, 0) is 66.6 Å². The van der Waals surface area contributed by atoms with Gasteiger partial charge in [-0.25, -0.2) is 0 Å². The van der Waals surface area contributed by atoms with Gasteiger partial charge in [-0.15, -0.1) is 0 Å². The highest BCUT2D eigenvalue weighted by molar-refractivity contribution is 5.05. The molecular weight excluding hydrogens is 268 g/mol. The maximum atomic E-state index is 9.53. The first-order valence-electron chi connectivity index (χ1n) is 9.94. The Hall–Kier alpha value is -0.0400.